The third-order valence-electron chi connectivity index (χ3n) is 0. The topological polar surface area (TPSA) is 0 Å². The summed E-state index contributed by atoms with van der Waals surface area (Å²) in [5.74, 6) is 0. The van der Waals surface area contributed by atoms with Crippen molar-refractivity contribution in [2.24, 2.45) is 0 Å². The predicted octanol–water partition coefficient (Wildman–Crippen LogP) is 1.23. The molecule has 0 amide bonds. The van der Waals surface area contributed by atoms with Crippen molar-refractivity contribution in [1.29, 1.82) is 0 Å². The number of rotatable bonds is 0. The molecular formula is C3H9Na. The number of hydrogen-bond donors (Lipinski definition) is 0. The molecule has 0 bridgehead atoms. The van der Waals surface area contributed by atoms with Gasteiger partial charge >= 0.3 is 44.9 Å². The third-order valence-corrected chi connectivity index (χ3v) is 0. The molecule has 0 saturated heterocycles. The van der Waals surface area contributed by atoms with Crippen LogP contribution in [-0.2, 0) is 0 Å². The van der Waals surface area contributed by atoms with Crippen LogP contribution in [0.5, 0.6) is 0 Å². The molecule has 0 aromatic heterocycles. The summed E-state index contributed by atoms with van der Waals surface area (Å²) in [5.41, 5.74) is 0. The molecule has 0 radical (unpaired) electrons. The summed E-state index contributed by atoms with van der Waals surface area (Å²) in [5, 5.41) is 0. The van der Waals surface area contributed by atoms with Crippen molar-refractivity contribution >= 4 is 27.9 Å². The van der Waals surface area contributed by atoms with Gasteiger partial charge in [-0.1, -0.05) is 0 Å². The minimum Gasteiger partial charge on any atom is 0 e. The maximum absolute atomic E-state index is 2.23. The van der Waals surface area contributed by atoms with Gasteiger partial charge in [-0.05, 0) is 0 Å². The average Bonchev–Trinajstić information content (AvgIpc) is 0.811. The smallest absolute Gasteiger partial charge is 0 e. The van der Waals surface area contributed by atoms with Gasteiger partial charge in [-0.3, -0.25) is 0 Å². The van der Waals surface area contributed by atoms with E-state index in [0.717, 1.165) is 3.17 Å². The fraction of sp³-hybridized carbons (Fsp3) is 1.00. The number of hydrogen-bond acceptors (Lipinski definition) is 0. The Morgan fingerprint density at radius 1 is 1.75 bits per heavy atom. The van der Waals surface area contributed by atoms with Crippen molar-refractivity contribution < 1.29 is 1.43 Å². The molecule has 0 aliphatic heterocycles. The summed E-state index contributed by atoms with van der Waals surface area (Å²) in [4.78, 5) is 0. The molecule has 0 nitrogen and oxygen atoms in total. The van der Waals surface area contributed by atoms with Crippen LogP contribution in [0.25, 0.3) is 0 Å². The maximum atomic E-state index is 2.23. The molecular weight excluding hydrogens is 59.0 g/mol. The Morgan fingerprint density at radius 3 is 1.75 bits per heavy atom. The first-order valence-electron chi connectivity index (χ1n) is 1.73. The first kappa shape index (κ1) is 5.00. The van der Waals surface area contributed by atoms with Crippen molar-refractivity contribution in [3.8, 4) is 0 Å². The molecule has 22 valence electrons. The molecule has 0 spiro atoms. The molecule has 0 N–H and O–H groups in total. The molecule has 0 aliphatic carbocycles. The second-order valence-corrected chi connectivity index (χ2v) is 4.04. The maximum Gasteiger partial charge on any atom is 0 e. The molecule has 0 fully saturated rings. The summed E-state index contributed by atoms with van der Waals surface area (Å²) in [6, 6.07) is 0. The van der Waals surface area contributed by atoms with E-state index < -0.39 is 0 Å². The minimum absolute atomic E-state index is 0. The predicted molar refractivity (Wildman–Crippen MR) is 23.0 cm³/mol. The first-order valence-corrected chi connectivity index (χ1v) is 2.89. The fourth-order valence-corrected chi connectivity index (χ4v) is 0. The standard InChI is InChI=1S/C3H7.Na.H2/c1-3-2;;/h3H,1-2H3;;1H. The molecule has 0 unspecified atom stereocenters. The van der Waals surface area contributed by atoms with Crippen LogP contribution in [0.4, 0.5) is 0 Å². The van der Waals surface area contributed by atoms with Crippen LogP contribution < -0.4 is 0 Å². The average molecular weight is 68.1 g/mol. The van der Waals surface area contributed by atoms with E-state index in [1.54, 1.807) is 0 Å². The molecule has 0 atom stereocenters. The van der Waals surface area contributed by atoms with Gasteiger partial charge in [-0.2, -0.15) is 0 Å². The van der Waals surface area contributed by atoms with E-state index in [0.29, 0.717) is 0 Å². The quantitative estimate of drug-likeness (QED) is 0.374. The van der Waals surface area contributed by atoms with Gasteiger partial charge in [0.25, 0.3) is 0 Å². The second kappa shape index (κ2) is 2.25. The summed E-state index contributed by atoms with van der Waals surface area (Å²) in [7, 11) is 0. The Labute approximate surface area is 46.5 Å². The Balaban J connectivity index is 0. The van der Waals surface area contributed by atoms with E-state index in [9.17, 15) is 0 Å². The van der Waals surface area contributed by atoms with Crippen LogP contribution in [0.3, 0.4) is 0 Å². The molecule has 0 rings (SSSR count). The van der Waals surface area contributed by atoms with Crippen LogP contribution >= 0.6 is 0 Å². The van der Waals surface area contributed by atoms with E-state index in [-0.39, 0.29) is 1.43 Å². The van der Waals surface area contributed by atoms with Gasteiger partial charge in [-0.15, -0.1) is 0 Å². The Kier molecular flexibility index (Phi) is 2.81. The Hall–Kier alpha value is 1.00. The van der Waals surface area contributed by atoms with Crippen molar-refractivity contribution in [3.05, 3.63) is 0 Å². The molecule has 0 aliphatic rings. The van der Waals surface area contributed by atoms with E-state index >= 15 is 0 Å². The van der Waals surface area contributed by atoms with E-state index in [1.165, 1.54) is 27.9 Å². The third kappa shape index (κ3) is 12.0. The molecule has 0 heterocycles. The van der Waals surface area contributed by atoms with Gasteiger partial charge in [0, 0.05) is 1.43 Å². The van der Waals surface area contributed by atoms with Crippen molar-refractivity contribution in [2.45, 2.75) is 17.0 Å². The fourth-order valence-electron chi connectivity index (χ4n) is 0. The second-order valence-electron chi connectivity index (χ2n) is 1.73. The van der Waals surface area contributed by atoms with Gasteiger partial charge in [-0.25, -0.2) is 0 Å². The Morgan fingerprint density at radius 2 is 1.75 bits per heavy atom. The van der Waals surface area contributed by atoms with Crippen LogP contribution in [-0.4, -0.2) is 27.9 Å². The van der Waals surface area contributed by atoms with Crippen LogP contribution in [0.1, 0.15) is 15.3 Å². The van der Waals surface area contributed by atoms with Crippen LogP contribution in [0, 0.1) is 0 Å². The molecule has 1 heteroatoms. The summed E-state index contributed by atoms with van der Waals surface area (Å²) in [6.45, 7) is 4.46. The van der Waals surface area contributed by atoms with E-state index in [1.807, 2.05) is 0 Å². The molecule has 0 saturated carbocycles. The largest absolute Gasteiger partial charge is 0 e. The van der Waals surface area contributed by atoms with Crippen molar-refractivity contribution in [3.63, 3.8) is 0 Å². The zero-order chi connectivity index (χ0) is 3.58. The molecule has 0 aromatic rings. The summed E-state index contributed by atoms with van der Waals surface area (Å²) in [6.07, 6.45) is 0. The summed E-state index contributed by atoms with van der Waals surface area (Å²) < 4.78 is 0.972. The van der Waals surface area contributed by atoms with Gasteiger partial charge in [0.2, 0.25) is 0 Å². The molecule has 0 aromatic carbocycles. The van der Waals surface area contributed by atoms with Gasteiger partial charge in [0.05, 0.1) is 0 Å². The Bertz CT molecular complexity index is 11.6. The zero-order valence-corrected chi connectivity index (χ0v) is 5.58. The van der Waals surface area contributed by atoms with Crippen LogP contribution in [0.15, 0.2) is 0 Å². The van der Waals surface area contributed by atoms with Gasteiger partial charge in [0.1, 0.15) is 0 Å². The first-order chi connectivity index (χ1) is 1.73. The van der Waals surface area contributed by atoms with Crippen molar-refractivity contribution in [2.75, 3.05) is 0 Å². The monoisotopic (exact) mass is 68.1 g/mol. The van der Waals surface area contributed by atoms with Gasteiger partial charge < -0.3 is 0 Å². The minimum atomic E-state index is 0. The SMILES string of the molecule is C[CH](C)[Na].[HH]. The van der Waals surface area contributed by atoms with Crippen molar-refractivity contribution in [1.82, 2.24) is 0 Å². The summed E-state index contributed by atoms with van der Waals surface area (Å²) >= 11 is 1.35. The zero-order valence-electron chi connectivity index (χ0n) is 3.58. The van der Waals surface area contributed by atoms with Crippen LogP contribution in [0.2, 0.25) is 3.17 Å². The molecule has 4 heavy (non-hydrogen) atoms. The normalized spacial score (nSPS) is 9.25. The van der Waals surface area contributed by atoms with E-state index in [4.69, 9.17) is 0 Å². The van der Waals surface area contributed by atoms with Gasteiger partial charge in [0.15, 0.2) is 0 Å². The van der Waals surface area contributed by atoms with E-state index in [2.05, 4.69) is 13.8 Å².